The van der Waals surface area contributed by atoms with E-state index in [1.165, 1.54) is 19.8 Å². The van der Waals surface area contributed by atoms with Gasteiger partial charge in [-0.05, 0) is 37.5 Å². The molecule has 1 aliphatic rings. The van der Waals surface area contributed by atoms with Crippen molar-refractivity contribution in [1.82, 2.24) is 5.32 Å². The molecule has 0 radical (unpaired) electrons. The Labute approximate surface area is 113 Å². The number of amides is 2. The van der Waals surface area contributed by atoms with Crippen molar-refractivity contribution in [3.8, 4) is 0 Å². The third-order valence-electron chi connectivity index (χ3n) is 3.50. The molecule has 0 unspecified atom stereocenters. The van der Waals surface area contributed by atoms with Crippen LogP contribution < -0.4 is 10.6 Å². The largest absolute Gasteiger partial charge is 0.349 e. The summed E-state index contributed by atoms with van der Waals surface area (Å²) in [4.78, 5) is 23.2. The van der Waals surface area contributed by atoms with E-state index < -0.39 is 0 Å². The van der Waals surface area contributed by atoms with Crippen LogP contribution in [0.4, 0.5) is 5.69 Å². The van der Waals surface area contributed by atoms with Gasteiger partial charge in [0, 0.05) is 24.2 Å². The standard InChI is InChI=1S/C15H20N2O2/c1-10-7-8-12(9-14(10)16-11(2)18)15(19)17-13-5-3-4-6-13/h7-9,13H,3-6H2,1-2H3,(H,16,18)(H,17,19). The van der Waals surface area contributed by atoms with E-state index in [2.05, 4.69) is 10.6 Å². The molecule has 0 spiro atoms. The molecule has 1 aliphatic carbocycles. The van der Waals surface area contributed by atoms with Crippen LogP contribution in [0.1, 0.15) is 48.5 Å². The Bertz CT molecular complexity index is 491. The van der Waals surface area contributed by atoms with Crippen molar-refractivity contribution in [2.75, 3.05) is 5.32 Å². The Kier molecular flexibility index (Phi) is 4.20. The summed E-state index contributed by atoms with van der Waals surface area (Å²) in [5.41, 5.74) is 2.25. The quantitative estimate of drug-likeness (QED) is 0.877. The molecule has 1 fully saturated rings. The molecule has 0 heterocycles. The number of benzene rings is 1. The summed E-state index contributed by atoms with van der Waals surface area (Å²) in [7, 11) is 0. The lowest BCUT2D eigenvalue weighted by Crippen LogP contribution is -2.32. The lowest BCUT2D eigenvalue weighted by atomic mass is 10.1. The number of carbonyl (C=O) groups is 2. The van der Waals surface area contributed by atoms with E-state index in [1.807, 2.05) is 13.0 Å². The van der Waals surface area contributed by atoms with Crippen molar-refractivity contribution in [3.63, 3.8) is 0 Å². The minimum atomic E-state index is -0.128. The van der Waals surface area contributed by atoms with Gasteiger partial charge in [-0.15, -0.1) is 0 Å². The summed E-state index contributed by atoms with van der Waals surface area (Å²) in [6.45, 7) is 3.37. The lowest BCUT2D eigenvalue weighted by Gasteiger charge is -2.13. The number of rotatable bonds is 3. The van der Waals surface area contributed by atoms with E-state index >= 15 is 0 Å². The summed E-state index contributed by atoms with van der Waals surface area (Å²) in [6.07, 6.45) is 4.51. The topological polar surface area (TPSA) is 58.2 Å². The van der Waals surface area contributed by atoms with E-state index in [4.69, 9.17) is 0 Å². The Morgan fingerprint density at radius 3 is 2.53 bits per heavy atom. The average molecular weight is 260 g/mol. The number of aryl methyl sites for hydroxylation is 1. The summed E-state index contributed by atoms with van der Waals surface area (Å²) >= 11 is 0. The van der Waals surface area contributed by atoms with E-state index in [9.17, 15) is 9.59 Å². The molecule has 2 N–H and O–H groups in total. The fourth-order valence-corrected chi connectivity index (χ4v) is 2.43. The van der Waals surface area contributed by atoms with Crippen molar-refractivity contribution in [2.24, 2.45) is 0 Å². The Hall–Kier alpha value is -1.84. The summed E-state index contributed by atoms with van der Waals surface area (Å²) in [5.74, 6) is -0.185. The van der Waals surface area contributed by atoms with Crippen molar-refractivity contribution in [1.29, 1.82) is 0 Å². The van der Waals surface area contributed by atoms with E-state index in [-0.39, 0.29) is 11.8 Å². The molecular formula is C15H20N2O2. The second kappa shape index (κ2) is 5.87. The van der Waals surface area contributed by atoms with Gasteiger partial charge in [0.1, 0.15) is 0 Å². The second-order valence-corrected chi connectivity index (χ2v) is 5.17. The first-order chi connectivity index (χ1) is 9.06. The van der Waals surface area contributed by atoms with Gasteiger partial charge in [-0.2, -0.15) is 0 Å². The number of hydrogen-bond acceptors (Lipinski definition) is 2. The molecule has 1 saturated carbocycles. The lowest BCUT2D eigenvalue weighted by molar-refractivity contribution is -0.114. The van der Waals surface area contributed by atoms with Crippen molar-refractivity contribution >= 4 is 17.5 Å². The minimum Gasteiger partial charge on any atom is -0.349 e. The number of carbonyl (C=O) groups excluding carboxylic acids is 2. The van der Waals surface area contributed by atoms with E-state index in [0.29, 0.717) is 17.3 Å². The molecule has 0 saturated heterocycles. The van der Waals surface area contributed by atoms with E-state index in [1.54, 1.807) is 12.1 Å². The van der Waals surface area contributed by atoms with Crippen LogP contribution in [0.3, 0.4) is 0 Å². The first-order valence-corrected chi connectivity index (χ1v) is 6.75. The molecular weight excluding hydrogens is 240 g/mol. The predicted molar refractivity (Wildman–Crippen MR) is 75.2 cm³/mol. The normalized spacial score (nSPS) is 15.3. The van der Waals surface area contributed by atoms with Crippen LogP contribution in [0.15, 0.2) is 18.2 Å². The molecule has 0 atom stereocenters. The van der Waals surface area contributed by atoms with Gasteiger partial charge in [-0.1, -0.05) is 18.9 Å². The van der Waals surface area contributed by atoms with Crippen LogP contribution in [0, 0.1) is 6.92 Å². The second-order valence-electron chi connectivity index (χ2n) is 5.17. The van der Waals surface area contributed by atoms with Gasteiger partial charge in [0.25, 0.3) is 5.91 Å². The summed E-state index contributed by atoms with van der Waals surface area (Å²) < 4.78 is 0. The molecule has 0 aromatic heterocycles. The number of nitrogens with one attached hydrogen (secondary N) is 2. The molecule has 4 heteroatoms. The zero-order chi connectivity index (χ0) is 13.8. The molecule has 0 bridgehead atoms. The Morgan fingerprint density at radius 1 is 1.21 bits per heavy atom. The SMILES string of the molecule is CC(=O)Nc1cc(C(=O)NC2CCCC2)ccc1C. The molecule has 19 heavy (non-hydrogen) atoms. The van der Waals surface area contributed by atoms with Gasteiger partial charge in [0.05, 0.1) is 0 Å². The van der Waals surface area contributed by atoms with Gasteiger partial charge in [0.15, 0.2) is 0 Å². The fourth-order valence-electron chi connectivity index (χ4n) is 2.43. The highest BCUT2D eigenvalue weighted by Gasteiger charge is 2.18. The van der Waals surface area contributed by atoms with E-state index in [0.717, 1.165) is 18.4 Å². The zero-order valence-corrected chi connectivity index (χ0v) is 11.5. The highest BCUT2D eigenvalue weighted by molar-refractivity contribution is 5.97. The fraction of sp³-hybridized carbons (Fsp3) is 0.467. The summed E-state index contributed by atoms with van der Waals surface area (Å²) in [5, 5.41) is 5.79. The first kappa shape index (κ1) is 13.6. The van der Waals surface area contributed by atoms with Crippen molar-refractivity contribution in [3.05, 3.63) is 29.3 Å². The maximum Gasteiger partial charge on any atom is 0.251 e. The smallest absolute Gasteiger partial charge is 0.251 e. The third kappa shape index (κ3) is 3.56. The minimum absolute atomic E-state index is 0.0569. The van der Waals surface area contributed by atoms with Gasteiger partial charge >= 0.3 is 0 Å². The van der Waals surface area contributed by atoms with Crippen LogP contribution in [0.5, 0.6) is 0 Å². The van der Waals surface area contributed by atoms with Crippen LogP contribution >= 0.6 is 0 Å². The molecule has 4 nitrogen and oxygen atoms in total. The monoisotopic (exact) mass is 260 g/mol. The number of anilines is 1. The maximum absolute atomic E-state index is 12.1. The third-order valence-corrected chi connectivity index (χ3v) is 3.50. The molecule has 0 aliphatic heterocycles. The predicted octanol–water partition coefficient (Wildman–Crippen LogP) is 2.63. The highest BCUT2D eigenvalue weighted by Crippen LogP contribution is 2.20. The maximum atomic E-state index is 12.1. The van der Waals surface area contributed by atoms with Gasteiger partial charge in [-0.3, -0.25) is 9.59 Å². The van der Waals surface area contributed by atoms with Gasteiger partial charge < -0.3 is 10.6 Å². The molecule has 1 aromatic carbocycles. The zero-order valence-electron chi connectivity index (χ0n) is 11.5. The molecule has 1 aromatic rings. The van der Waals surface area contributed by atoms with Crippen molar-refractivity contribution in [2.45, 2.75) is 45.6 Å². The van der Waals surface area contributed by atoms with Crippen LogP contribution in [-0.4, -0.2) is 17.9 Å². The van der Waals surface area contributed by atoms with Gasteiger partial charge in [0.2, 0.25) is 5.91 Å². The van der Waals surface area contributed by atoms with Crippen LogP contribution in [0.2, 0.25) is 0 Å². The Balaban J connectivity index is 2.10. The highest BCUT2D eigenvalue weighted by atomic mass is 16.2. The molecule has 2 amide bonds. The van der Waals surface area contributed by atoms with Crippen molar-refractivity contribution < 1.29 is 9.59 Å². The molecule has 2 rings (SSSR count). The number of hydrogen-bond donors (Lipinski definition) is 2. The Morgan fingerprint density at radius 2 is 1.89 bits per heavy atom. The van der Waals surface area contributed by atoms with Crippen LogP contribution in [0.25, 0.3) is 0 Å². The van der Waals surface area contributed by atoms with Crippen LogP contribution in [-0.2, 0) is 4.79 Å². The first-order valence-electron chi connectivity index (χ1n) is 6.75. The average Bonchev–Trinajstić information content (AvgIpc) is 2.84. The summed E-state index contributed by atoms with van der Waals surface area (Å²) in [6, 6.07) is 5.69. The van der Waals surface area contributed by atoms with Gasteiger partial charge in [-0.25, -0.2) is 0 Å². The molecule has 102 valence electrons.